The van der Waals surface area contributed by atoms with Crippen LogP contribution in [0.4, 0.5) is 0 Å². The first kappa shape index (κ1) is 21.1. The highest BCUT2D eigenvalue weighted by atomic mass is 15.0. The SMILES string of the molecule is Cc1ccc2c(c1)c1cc3c(cc1n2-c1ccccc1)-c1ccccc1C31c2ccccc2-c2ccccc21. The second-order valence-corrected chi connectivity index (χ2v) is 11.0. The number of benzene rings is 6. The van der Waals surface area contributed by atoms with Crippen molar-refractivity contribution in [1.29, 1.82) is 0 Å². The molecule has 9 rings (SSSR count). The van der Waals surface area contributed by atoms with Gasteiger partial charge in [0, 0.05) is 16.5 Å². The number of rotatable bonds is 1. The molecule has 1 spiro atoms. The summed E-state index contributed by atoms with van der Waals surface area (Å²) in [7, 11) is 0. The van der Waals surface area contributed by atoms with Crippen LogP contribution in [0.15, 0.2) is 133 Å². The number of fused-ring (bicyclic) bond motifs is 13. The molecule has 2 aliphatic carbocycles. The Kier molecular flexibility index (Phi) is 3.98. The zero-order chi connectivity index (χ0) is 25.7. The van der Waals surface area contributed by atoms with E-state index in [4.69, 9.17) is 0 Å². The van der Waals surface area contributed by atoms with Crippen molar-refractivity contribution in [2.24, 2.45) is 0 Å². The maximum absolute atomic E-state index is 2.52. The number of hydrogen-bond donors (Lipinski definition) is 0. The summed E-state index contributed by atoms with van der Waals surface area (Å²) in [5.74, 6) is 0. The van der Waals surface area contributed by atoms with Gasteiger partial charge in [-0.15, -0.1) is 0 Å². The van der Waals surface area contributed by atoms with Crippen LogP contribution < -0.4 is 0 Å². The molecule has 1 aromatic heterocycles. The van der Waals surface area contributed by atoms with Crippen LogP contribution in [0.25, 0.3) is 49.7 Å². The van der Waals surface area contributed by atoms with Gasteiger partial charge in [-0.05, 0) is 87.8 Å². The van der Waals surface area contributed by atoms with Gasteiger partial charge >= 0.3 is 0 Å². The molecule has 0 atom stereocenters. The molecule has 0 bridgehead atoms. The normalized spacial score (nSPS) is 14.0. The van der Waals surface area contributed by atoms with E-state index in [0.29, 0.717) is 0 Å². The van der Waals surface area contributed by atoms with Crippen LogP contribution in [0.1, 0.15) is 27.8 Å². The molecule has 39 heavy (non-hydrogen) atoms. The Labute approximate surface area is 227 Å². The van der Waals surface area contributed by atoms with Crippen LogP contribution in [0, 0.1) is 6.92 Å². The molecular formula is C38H25N. The van der Waals surface area contributed by atoms with Crippen LogP contribution in [0.3, 0.4) is 0 Å². The minimum absolute atomic E-state index is 0.321. The highest BCUT2D eigenvalue weighted by molar-refractivity contribution is 6.12. The van der Waals surface area contributed by atoms with Crippen LogP contribution in [0.2, 0.25) is 0 Å². The van der Waals surface area contributed by atoms with Gasteiger partial charge in [0.2, 0.25) is 0 Å². The number of hydrogen-bond acceptors (Lipinski definition) is 0. The van der Waals surface area contributed by atoms with Gasteiger partial charge in [0.1, 0.15) is 0 Å². The summed E-state index contributed by atoms with van der Waals surface area (Å²) in [5.41, 5.74) is 15.6. The number of aryl methyl sites for hydroxylation is 1. The molecule has 0 amide bonds. The summed E-state index contributed by atoms with van der Waals surface area (Å²) < 4.78 is 2.44. The Morgan fingerprint density at radius 1 is 0.436 bits per heavy atom. The lowest BCUT2D eigenvalue weighted by Gasteiger charge is -2.30. The highest BCUT2D eigenvalue weighted by Gasteiger charge is 2.51. The van der Waals surface area contributed by atoms with Crippen LogP contribution >= 0.6 is 0 Å². The molecule has 182 valence electrons. The molecule has 2 aliphatic rings. The van der Waals surface area contributed by atoms with E-state index in [0.717, 1.165) is 0 Å². The summed E-state index contributed by atoms with van der Waals surface area (Å²) >= 11 is 0. The third-order valence-electron chi connectivity index (χ3n) is 9.05. The summed E-state index contributed by atoms with van der Waals surface area (Å²) in [5, 5.41) is 2.62. The van der Waals surface area contributed by atoms with Gasteiger partial charge in [0.15, 0.2) is 0 Å². The molecule has 0 saturated heterocycles. The first-order valence-electron chi connectivity index (χ1n) is 13.7. The van der Waals surface area contributed by atoms with E-state index in [1.54, 1.807) is 0 Å². The van der Waals surface area contributed by atoms with E-state index in [1.807, 2.05) is 0 Å². The minimum Gasteiger partial charge on any atom is -0.309 e. The smallest absolute Gasteiger partial charge is 0.0725 e. The van der Waals surface area contributed by atoms with E-state index in [1.165, 1.54) is 77.6 Å². The van der Waals surface area contributed by atoms with Gasteiger partial charge in [0.25, 0.3) is 0 Å². The lowest BCUT2D eigenvalue weighted by Crippen LogP contribution is -2.25. The predicted octanol–water partition coefficient (Wildman–Crippen LogP) is 9.44. The van der Waals surface area contributed by atoms with E-state index >= 15 is 0 Å². The number of para-hydroxylation sites is 1. The maximum Gasteiger partial charge on any atom is 0.0725 e. The summed E-state index contributed by atoms with van der Waals surface area (Å²) in [6, 6.07) is 49.8. The second-order valence-electron chi connectivity index (χ2n) is 11.0. The van der Waals surface area contributed by atoms with E-state index in [2.05, 4.69) is 145 Å². The van der Waals surface area contributed by atoms with Crippen molar-refractivity contribution in [2.75, 3.05) is 0 Å². The van der Waals surface area contributed by atoms with E-state index < -0.39 is 0 Å². The van der Waals surface area contributed by atoms with Crippen molar-refractivity contribution >= 4 is 21.8 Å². The molecule has 0 aliphatic heterocycles. The summed E-state index contributed by atoms with van der Waals surface area (Å²) in [6.07, 6.45) is 0. The van der Waals surface area contributed by atoms with Crippen molar-refractivity contribution in [3.63, 3.8) is 0 Å². The van der Waals surface area contributed by atoms with Crippen molar-refractivity contribution < 1.29 is 0 Å². The van der Waals surface area contributed by atoms with E-state index in [-0.39, 0.29) is 5.41 Å². The highest BCUT2D eigenvalue weighted by Crippen LogP contribution is 2.63. The topological polar surface area (TPSA) is 4.93 Å². The molecule has 1 heterocycles. The Hall–Kier alpha value is -4.88. The first-order chi connectivity index (χ1) is 19.3. The molecule has 7 aromatic rings. The fourth-order valence-corrected chi connectivity index (χ4v) is 7.57. The molecule has 1 heteroatoms. The van der Waals surface area contributed by atoms with E-state index in [9.17, 15) is 0 Å². The number of aromatic nitrogens is 1. The molecule has 1 nitrogen and oxygen atoms in total. The Bertz CT molecular complexity index is 2080. The van der Waals surface area contributed by atoms with Gasteiger partial charge < -0.3 is 4.57 Å². The number of nitrogens with zero attached hydrogens (tertiary/aromatic N) is 1. The average Bonchev–Trinajstić information content (AvgIpc) is 3.58. The Balaban J connectivity index is 1.49. The minimum atomic E-state index is -0.321. The van der Waals surface area contributed by atoms with Crippen LogP contribution in [-0.2, 0) is 5.41 Å². The second kappa shape index (κ2) is 7.36. The van der Waals surface area contributed by atoms with Crippen LogP contribution in [0.5, 0.6) is 0 Å². The maximum atomic E-state index is 2.52. The Morgan fingerprint density at radius 3 is 1.62 bits per heavy atom. The van der Waals surface area contributed by atoms with Crippen molar-refractivity contribution in [2.45, 2.75) is 12.3 Å². The molecule has 6 aromatic carbocycles. The lowest BCUT2D eigenvalue weighted by molar-refractivity contribution is 0.795. The van der Waals surface area contributed by atoms with Gasteiger partial charge in [-0.2, -0.15) is 0 Å². The lowest BCUT2D eigenvalue weighted by atomic mass is 9.70. The quantitative estimate of drug-likeness (QED) is 0.214. The van der Waals surface area contributed by atoms with Gasteiger partial charge in [-0.3, -0.25) is 0 Å². The largest absolute Gasteiger partial charge is 0.309 e. The zero-order valence-electron chi connectivity index (χ0n) is 21.6. The monoisotopic (exact) mass is 495 g/mol. The fraction of sp³-hybridized carbons (Fsp3) is 0.0526. The van der Waals surface area contributed by atoms with Crippen molar-refractivity contribution in [3.8, 4) is 27.9 Å². The Morgan fingerprint density at radius 2 is 0.974 bits per heavy atom. The third-order valence-corrected chi connectivity index (χ3v) is 9.05. The van der Waals surface area contributed by atoms with Crippen molar-refractivity contribution in [1.82, 2.24) is 4.57 Å². The third kappa shape index (κ3) is 2.51. The molecule has 0 N–H and O–H groups in total. The zero-order valence-corrected chi connectivity index (χ0v) is 21.6. The first-order valence-corrected chi connectivity index (χ1v) is 13.7. The van der Waals surface area contributed by atoms with Gasteiger partial charge in [-0.1, -0.05) is 103 Å². The molecule has 0 unspecified atom stereocenters. The standard InChI is InChI=1S/C38H25N/c1-24-19-20-36-30(21-24)31-22-35-29(23-37(31)39(36)25-11-3-2-4-12-25)28-15-7-10-18-34(28)38(35)32-16-8-5-13-26(32)27-14-6-9-17-33(27)38/h2-23H,1H3. The molecule has 0 radical (unpaired) electrons. The van der Waals surface area contributed by atoms with Gasteiger partial charge in [0.05, 0.1) is 16.4 Å². The van der Waals surface area contributed by atoms with Crippen molar-refractivity contribution in [3.05, 3.63) is 161 Å². The predicted molar refractivity (Wildman–Crippen MR) is 162 cm³/mol. The molecule has 0 saturated carbocycles. The summed E-state index contributed by atoms with van der Waals surface area (Å²) in [6.45, 7) is 2.19. The molecule has 0 fully saturated rings. The fourth-order valence-electron chi connectivity index (χ4n) is 7.57. The summed E-state index contributed by atoms with van der Waals surface area (Å²) in [4.78, 5) is 0. The van der Waals surface area contributed by atoms with Gasteiger partial charge in [-0.25, -0.2) is 0 Å². The molecular weight excluding hydrogens is 470 g/mol. The average molecular weight is 496 g/mol. The van der Waals surface area contributed by atoms with Crippen LogP contribution in [-0.4, -0.2) is 4.57 Å².